The molecule has 1 aromatic carbocycles. The Morgan fingerprint density at radius 2 is 2.38 bits per heavy atom. The summed E-state index contributed by atoms with van der Waals surface area (Å²) in [6, 6.07) is 4.58. The molecule has 0 spiro atoms. The standard InChI is InChI=1S/C14H14FN3O2S/c1-3-10-13(21-17-16-10)14(19)18-7-8(2)20-12-9(15)5-4-6-11(12)18/h4-6,8H,3,7H2,1-2H3. The fraction of sp³-hybridized carbons (Fsp3) is 0.357. The third-order valence-corrected chi connectivity index (χ3v) is 4.08. The molecule has 1 aromatic heterocycles. The minimum Gasteiger partial charge on any atom is -0.484 e. The summed E-state index contributed by atoms with van der Waals surface area (Å²) in [7, 11) is 0. The number of hydrogen-bond donors (Lipinski definition) is 0. The van der Waals surface area contributed by atoms with Crippen molar-refractivity contribution in [1.29, 1.82) is 0 Å². The zero-order valence-corrected chi connectivity index (χ0v) is 12.5. The topological polar surface area (TPSA) is 55.3 Å². The Bertz CT molecular complexity index is 689. The van der Waals surface area contributed by atoms with Crippen LogP contribution in [0.3, 0.4) is 0 Å². The van der Waals surface area contributed by atoms with Crippen LogP contribution in [0.15, 0.2) is 18.2 Å². The van der Waals surface area contributed by atoms with Crippen LogP contribution in [-0.2, 0) is 6.42 Å². The third-order valence-electron chi connectivity index (χ3n) is 3.33. The van der Waals surface area contributed by atoms with Crippen molar-refractivity contribution >= 4 is 23.1 Å². The molecule has 5 nitrogen and oxygen atoms in total. The van der Waals surface area contributed by atoms with Crippen molar-refractivity contribution in [2.75, 3.05) is 11.4 Å². The van der Waals surface area contributed by atoms with Crippen molar-refractivity contribution in [2.45, 2.75) is 26.4 Å². The molecule has 0 N–H and O–H groups in total. The first-order valence-corrected chi connectivity index (χ1v) is 7.47. The Labute approximate surface area is 125 Å². The molecule has 110 valence electrons. The number of hydrogen-bond acceptors (Lipinski definition) is 5. The van der Waals surface area contributed by atoms with Gasteiger partial charge in [-0.3, -0.25) is 4.79 Å². The van der Waals surface area contributed by atoms with Gasteiger partial charge in [-0.05, 0) is 37.0 Å². The van der Waals surface area contributed by atoms with Gasteiger partial charge in [0.2, 0.25) is 0 Å². The number of anilines is 1. The maximum Gasteiger partial charge on any atom is 0.272 e. The van der Waals surface area contributed by atoms with E-state index < -0.39 is 5.82 Å². The van der Waals surface area contributed by atoms with E-state index in [1.165, 1.54) is 6.07 Å². The minimum atomic E-state index is -0.463. The summed E-state index contributed by atoms with van der Waals surface area (Å²) in [4.78, 5) is 14.8. The van der Waals surface area contributed by atoms with Gasteiger partial charge in [0.1, 0.15) is 11.0 Å². The van der Waals surface area contributed by atoms with Crippen LogP contribution in [0.4, 0.5) is 10.1 Å². The molecule has 0 saturated carbocycles. The average Bonchev–Trinajstić information content (AvgIpc) is 2.95. The molecule has 3 rings (SSSR count). The molecule has 1 atom stereocenters. The molecule has 0 radical (unpaired) electrons. The summed E-state index contributed by atoms with van der Waals surface area (Å²) in [6.07, 6.45) is 0.359. The summed E-state index contributed by atoms with van der Waals surface area (Å²) in [5.41, 5.74) is 1.12. The van der Waals surface area contributed by atoms with Gasteiger partial charge in [0.25, 0.3) is 5.91 Å². The van der Waals surface area contributed by atoms with E-state index in [0.29, 0.717) is 29.2 Å². The monoisotopic (exact) mass is 307 g/mol. The molecule has 0 bridgehead atoms. The molecule has 7 heteroatoms. The Hall–Kier alpha value is -2.02. The Balaban J connectivity index is 2.04. The van der Waals surface area contributed by atoms with Gasteiger partial charge < -0.3 is 9.64 Å². The van der Waals surface area contributed by atoms with Crippen LogP contribution in [0.5, 0.6) is 5.75 Å². The van der Waals surface area contributed by atoms with Gasteiger partial charge in [-0.1, -0.05) is 17.5 Å². The molecule has 1 amide bonds. The van der Waals surface area contributed by atoms with E-state index in [0.717, 1.165) is 11.5 Å². The van der Waals surface area contributed by atoms with Gasteiger partial charge in [0.05, 0.1) is 17.9 Å². The zero-order valence-electron chi connectivity index (χ0n) is 11.7. The van der Waals surface area contributed by atoms with Crippen molar-refractivity contribution < 1.29 is 13.9 Å². The van der Waals surface area contributed by atoms with E-state index in [1.807, 2.05) is 6.92 Å². The Kier molecular flexibility index (Phi) is 3.59. The number of carbonyl (C=O) groups is 1. The number of halogens is 1. The lowest BCUT2D eigenvalue weighted by Gasteiger charge is -2.33. The first-order chi connectivity index (χ1) is 10.1. The van der Waals surface area contributed by atoms with Gasteiger partial charge in [-0.25, -0.2) is 4.39 Å². The molecule has 1 aliphatic heterocycles. The quantitative estimate of drug-likeness (QED) is 0.856. The highest BCUT2D eigenvalue weighted by molar-refractivity contribution is 7.08. The number of rotatable bonds is 2. The van der Waals surface area contributed by atoms with Gasteiger partial charge in [-0.15, -0.1) is 5.10 Å². The highest BCUT2D eigenvalue weighted by atomic mass is 32.1. The van der Waals surface area contributed by atoms with Crippen molar-refractivity contribution in [2.24, 2.45) is 0 Å². The van der Waals surface area contributed by atoms with Crippen molar-refractivity contribution in [1.82, 2.24) is 9.59 Å². The first-order valence-electron chi connectivity index (χ1n) is 6.70. The highest BCUT2D eigenvalue weighted by Crippen LogP contribution is 2.36. The van der Waals surface area contributed by atoms with Crippen LogP contribution in [0.1, 0.15) is 29.2 Å². The van der Waals surface area contributed by atoms with Crippen molar-refractivity contribution in [3.63, 3.8) is 0 Å². The second-order valence-electron chi connectivity index (χ2n) is 4.83. The normalized spacial score (nSPS) is 17.3. The third kappa shape index (κ3) is 2.37. The van der Waals surface area contributed by atoms with Crippen LogP contribution in [0.25, 0.3) is 0 Å². The smallest absolute Gasteiger partial charge is 0.272 e. The molecule has 1 unspecified atom stereocenters. The second-order valence-corrected chi connectivity index (χ2v) is 5.59. The van der Waals surface area contributed by atoms with Crippen LogP contribution in [0.2, 0.25) is 0 Å². The zero-order chi connectivity index (χ0) is 15.0. The van der Waals surface area contributed by atoms with Gasteiger partial charge >= 0.3 is 0 Å². The first kappa shape index (κ1) is 13.9. The average molecular weight is 307 g/mol. The molecule has 21 heavy (non-hydrogen) atoms. The van der Waals surface area contributed by atoms with E-state index in [1.54, 1.807) is 24.0 Å². The number of amides is 1. The maximum absolute atomic E-state index is 13.9. The summed E-state index contributed by atoms with van der Waals surface area (Å²) in [5.74, 6) is -0.543. The summed E-state index contributed by atoms with van der Waals surface area (Å²) >= 11 is 1.07. The Morgan fingerprint density at radius 1 is 1.57 bits per heavy atom. The van der Waals surface area contributed by atoms with Gasteiger partial charge in [0.15, 0.2) is 11.6 Å². The van der Waals surface area contributed by atoms with E-state index in [4.69, 9.17) is 4.74 Å². The minimum absolute atomic E-state index is 0.125. The number of fused-ring (bicyclic) bond motifs is 1. The second kappa shape index (κ2) is 5.40. The van der Waals surface area contributed by atoms with E-state index in [-0.39, 0.29) is 17.8 Å². The molecule has 1 aliphatic rings. The molecular weight excluding hydrogens is 293 g/mol. The lowest BCUT2D eigenvalue weighted by molar-refractivity contribution is 0.0962. The maximum atomic E-state index is 13.9. The summed E-state index contributed by atoms with van der Waals surface area (Å²) in [5, 5.41) is 3.96. The molecule has 2 heterocycles. The largest absolute Gasteiger partial charge is 0.484 e. The van der Waals surface area contributed by atoms with E-state index in [2.05, 4.69) is 9.59 Å². The van der Waals surface area contributed by atoms with Crippen LogP contribution in [0, 0.1) is 5.82 Å². The summed E-state index contributed by atoms with van der Waals surface area (Å²) in [6.45, 7) is 4.10. The highest BCUT2D eigenvalue weighted by Gasteiger charge is 2.32. The molecule has 0 fully saturated rings. The van der Waals surface area contributed by atoms with Crippen molar-refractivity contribution in [3.8, 4) is 5.75 Å². The van der Waals surface area contributed by atoms with E-state index in [9.17, 15) is 9.18 Å². The molecule has 0 aliphatic carbocycles. The summed E-state index contributed by atoms with van der Waals surface area (Å²) < 4.78 is 23.2. The number of ether oxygens (including phenoxy) is 1. The number of carbonyl (C=O) groups excluding carboxylic acids is 1. The van der Waals surface area contributed by atoms with Crippen molar-refractivity contribution in [3.05, 3.63) is 34.6 Å². The SMILES string of the molecule is CCc1nnsc1C(=O)N1CC(C)Oc2c(F)cccc21. The number of para-hydroxylation sites is 1. The lowest BCUT2D eigenvalue weighted by atomic mass is 10.1. The Morgan fingerprint density at radius 3 is 3.14 bits per heavy atom. The number of nitrogens with zero attached hydrogens (tertiary/aromatic N) is 3. The number of aromatic nitrogens is 2. The van der Waals surface area contributed by atoms with Gasteiger partial charge in [-0.2, -0.15) is 0 Å². The predicted molar refractivity (Wildman–Crippen MR) is 77.5 cm³/mol. The number of aryl methyl sites for hydroxylation is 1. The lowest BCUT2D eigenvalue weighted by Crippen LogP contribution is -2.42. The van der Waals surface area contributed by atoms with Crippen LogP contribution < -0.4 is 9.64 Å². The number of benzene rings is 1. The van der Waals surface area contributed by atoms with E-state index >= 15 is 0 Å². The molecule has 2 aromatic rings. The van der Waals surface area contributed by atoms with Gasteiger partial charge in [0, 0.05) is 0 Å². The van der Waals surface area contributed by atoms with Crippen LogP contribution >= 0.6 is 11.5 Å². The fourth-order valence-electron chi connectivity index (χ4n) is 2.34. The van der Waals surface area contributed by atoms with Crippen LogP contribution in [-0.4, -0.2) is 28.1 Å². The molecular formula is C14H14FN3O2S. The molecule has 0 saturated heterocycles. The predicted octanol–water partition coefficient (Wildman–Crippen LogP) is 2.67. The fourth-order valence-corrected chi connectivity index (χ4v) is 3.04.